The first-order valence-electron chi connectivity index (χ1n) is 3.05. The van der Waals surface area contributed by atoms with Crippen LogP contribution in [0.1, 0.15) is 0 Å². The summed E-state index contributed by atoms with van der Waals surface area (Å²) in [4.78, 5) is 0. The van der Waals surface area contributed by atoms with Crippen LogP contribution in [0.15, 0.2) is 12.3 Å². The largest absolute Gasteiger partial charge is 0.474 e. The van der Waals surface area contributed by atoms with Crippen LogP contribution in [0.2, 0.25) is 0 Å². The maximum absolute atomic E-state index is 8.42. The second-order valence-electron chi connectivity index (χ2n) is 1.78. The summed E-state index contributed by atoms with van der Waals surface area (Å²) in [6, 6.07) is 1.75. The third-order valence-electron chi connectivity index (χ3n) is 0.940. The minimum Gasteiger partial charge on any atom is -0.474 e. The molecule has 1 aromatic rings. The molecule has 0 bridgehead atoms. The lowest BCUT2D eigenvalue weighted by molar-refractivity contribution is 0.195. The Kier molecular flexibility index (Phi) is 3.50. The highest BCUT2D eigenvalue weighted by Crippen LogP contribution is 2.08. The maximum Gasteiger partial charge on any atom is 0.234 e. The zero-order valence-corrected chi connectivity index (χ0v) is 7.85. The van der Waals surface area contributed by atoms with E-state index in [4.69, 9.17) is 9.84 Å². The molecular formula is C6H7IN2O2. The molecule has 0 aliphatic carbocycles. The number of aromatic nitrogens is 2. The monoisotopic (exact) mass is 266 g/mol. The number of nitrogens with zero attached hydrogens (tertiary/aromatic N) is 2. The molecule has 0 saturated carbocycles. The van der Waals surface area contributed by atoms with Gasteiger partial charge in [0.1, 0.15) is 6.61 Å². The molecule has 0 saturated heterocycles. The summed E-state index contributed by atoms with van der Waals surface area (Å²) in [6.45, 7) is 0.252. The van der Waals surface area contributed by atoms with Gasteiger partial charge in [-0.15, -0.1) is 5.10 Å². The van der Waals surface area contributed by atoms with Gasteiger partial charge in [0.2, 0.25) is 5.88 Å². The highest BCUT2D eigenvalue weighted by Gasteiger charge is 1.95. The van der Waals surface area contributed by atoms with Crippen molar-refractivity contribution in [2.24, 2.45) is 0 Å². The van der Waals surface area contributed by atoms with Crippen molar-refractivity contribution in [3.8, 4) is 5.88 Å². The molecule has 0 fully saturated rings. The van der Waals surface area contributed by atoms with Gasteiger partial charge in [0.25, 0.3) is 0 Å². The molecule has 5 heteroatoms. The van der Waals surface area contributed by atoms with E-state index in [1.165, 1.54) is 0 Å². The normalized spacial score (nSPS) is 9.64. The molecule has 0 aromatic carbocycles. The van der Waals surface area contributed by atoms with Crippen LogP contribution in [-0.4, -0.2) is 28.5 Å². The smallest absolute Gasteiger partial charge is 0.234 e. The maximum atomic E-state index is 8.42. The summed E-state index contributed by atoms with van der Waals surface area (Å²) < 4.78 is 5.97. The Morgan fingerprint density at radius 2 is 2.45 bits per heavy atom. The van der Waals surface area contributed by atoms with Crippen LogP contribution in [0.5, 0.6) is 5.88 Å². The molecule has 4 nitrogen and oxygen atoms in total. The number of aliphatic hydroxyl groups excluding tert-OH is 1. The lowest BCUT2D eigenvalue weighted by Gasteiger charge is -2.00. The molecule has 0 unspecified atom stereocenters. The quantitative estimate of drug-likeness (QED) is 0.807. The third-order valence-corrected chi connectivity index (χ3v) is 1.53. The van der Waals surface area contributed by atoms with Crippen LogP contribution in [0, 0.1) is 3.57 Å². The van der Waals surface area contributed by atoms with Crippen molar-refractivity contribution in [2.75, 3.05) is 13.2 Å². The Morgan fingerprint density at radius 1 is 1.64 bits per heavy atom. The van der Waals surface area contributed by atoms with Gasteiger partial charge >= 0.3 is 0 Å². The highest BCUT2D eigenvalue weighted by atomic mass is 127. The van der Waals surface area contributed by atoms with Crippen molar-refractivity contribution < 1.29 is 9.84 Å². The zero-order valence-electron chi connectivity index (χ0n) is 5.70. The van der Waals surface area contributed by atoms with Crippen LogP contribution in [-0.2, 0) is 0 Å². The summed E-state index contributed by atoms with van der Waals surface area (Å²) in [5.41, 5.74) is 0. The molecule has 0 spiro atoms. The van der Waals surface area contributed by atoms with Gasteiger partial charge in [-0.3, -0.25) is 0 Å². The Labute approximate surface area is 77.7 Å². The van der Waals surface area contributed by atoms with Gasteiger partial charge in [-0.1, -0.05) is 0 Å². The first kappa shape index (κ1) is 8.66. The molecule has 1 N–H and O–H groups in total. The molecule has 0 aliphatic heterocycles. The summed E-state index contributed by atoms with van der Waals surface area (Å²) in [5, 5.41) is 15.8. The van der Waals surface area contributed by atoms with Gasteiger partial charge in [-0.2, -0.15) is 5.10 Å². The van der Waals surface area contributed by atoms with Crippen LogP contribution in [0.25, 0.3) is 0 Å². The van der Waals surface area contributed by atoms with Gasteiger partial charge in [0.15, 0.2) is 0 Å². The molecule has 0 atom stereocenters. The van der Waals surface area contributed by atoms with E-state index in [9.17, 15) is 0 Å². The molecule has 0 amide bonds. The van der Waals surface area contributed by atoms with E-state index >= 15 is 0 Å². The molecule has 11 heavy (non-hydrogen) atoms. The molecule has 60 valence electrons. The van der Waals surface area contributed by atoms with E-state index in [1.807, 2.05) is 0 Å². The van der Waals surface area contributed by atoms with Crippen molar-refractivity contribution in [3.05, 3.63) is 15.8 Å². The fourth-order valence-electron chi connectivity index (χ4n) is 0.546. The van der Waals surface area contributed by atoms with Gasteiger partial charge in [0, 0.05) is 9.64 Å². The number of ether oxygens (including phenoxy) is 1. The number of halogens is 1. The summed E-state index contributed by atoms with van der Waals surface area (Å²) in [5.74, 6) is 0.450. The topological polar surface area (TPSA) is 55.2 Å². The number of hydrogen-bond acceptors (Lipinski definition) is 4. The van der Waals surface area contributed by atoms with E-state index in [0.29, 0.717) is 5.88 Å². The first-order chi connectivity index (χ1) is 5.33. The van der Waals surface area contributed by atoms with Crippen molar-refractivity contribution in [1.29, 1.82) is 0 Å². The molecule has 0 aliphatic rings. The van der Waals surface area contributed by atoms with Crippen LogP contribution in [0.3, 0.4) is 0 Å². The fourth-order valence-corrected chi connectivity index (χ4v) is 0.937. The zero-order chi connectivity index (χ0) is 8.10. The van der Waals surface area contributed by atoms with Gasteiger partial charge in [-0.25, -0.2) is 0 Å². The average molecular weight is 266 g/mol. The number of hydrogen-bond donors (Lipinski definition) is 1. The second-order valence-corrected chi connectivity index (χ2v) is 3.03. The van der Waals surface area contributed by atoms with Gasteiger partial charge in [-0.05, 0) is 22.6 Å². The third kappa shape index (κ3) is 2.98. The lowest BCUT2D eigenvalue weighted by atomic mass is 10.6. The number of rotatable bonds is 3. The van der Waals surface area contributed by atoms with Crippen LogP contribution >= 0.6 is 22.6 Å². The van der Waals surface area contributed by atoms with Crippen molar-refractivity contribution in [2.45, 2.75) is 0 Å². The SMILES string of the molecule is OCCOc1cc(I)cnn1. The van der Waals surface area contributed by atoms with E-state index in [0.717, 1.165) is 3.57 Å². The predicted molar refractivity (Wildman–Crippen MR) is 47.3 cm³/mol. The van der Waals surface area contributed by atoms with Crippen LogP contribution < -0.4 is 4.74 Å². The predicted octanol–water partition coefficient (Wildman–Crippen LogP) is 0.452. The van der Waals surface area contributed by atoms with Crippen molar-refractivity contribution >= 4 is 22.6 Å². The van der Waals surface area contributed by atoms with Crippen molar-refractivity contribution in [3.63, 3.8) is 0 Å². The molecule has 0 radical (unpaired) electrons. The number of aliphatic hydroxyl groups is 1. The van der Waals surface area contributed by atoms with Crippen LogP contribution in [0.4, 0.5) is 0 Å². The molecule has 1 aromatic heterocycles. The van der Waals surface area contributed by atoms with Gasteiger partial charge < -0.3 is 9.84 Å². The van der Waals surface area contributed by atoms with E-state index in [2.05, 4.69) is 32.8 Å². The highest BCUT2D eigenvalue weighted by molar-refractivity contribution is 14.1. The minimum absolute atomic E-state index is 0.00679. The van der Waals surface area contributed by atoms with E-state index in [1.54, 1.807) is 12.3 Å². The average Bonchev–Trinajstić information content (AvgIpc) is 2.01. The summed E-state index contributed by atoms with van der Waals surface area (Å²) in [6.07, 6.45) is 1.63. The Balaban J connectivity index is 2.56. The summed E-state index contributed by atoms with van der Waals surface area (Å²) in [7, 11) is 0. The second kappa shape index (κ2) is 4.45. The Morgan fingerprint density at radius 3 is 3.09 bits per heavy atom. The van der Waals surface area contributed by atoms with E-state index in [-0.39, 0.29) is 13.2 Å². The molecule has 1 rings (SSSR count). The van der Waals surface area contributed by atoms with Gasteiger partial charge in [0.05, 0.1) is 12.8 Å². The molecular weight excluding hydrogens is 259 g/mol. The van der Waals surface area contributed by atoms with E-state index < -0.39 is 0 Å². The first-order valence-corrected chi connectivity index (χ1v) is 4.12. The Bertz CT molecular complexity index is 232. The lowest BCUT2D eigenvalue weighted by Crippen LogP contribution is -2.03. The minimum atomic E-state index is -0.00679. The van der Waals surface area contributed by atoms with Crippen molar-refractivity contribution in [1.82, 2.24) is 10.2 Å². The Hall–Kier alpha value is -0.430. The summed E-state index contributed by atoms with van der Waals surface area (Å²) >= 11 is 2.11. The fraction of sp³-hybridized carbons (Fsp3) is 0.333. The molecule has 1 heterocycles. The standard InChI is InChI=1S/C6H7IN2O2/c7-5-3-6(9-8-4-5)11-2-1-10/h3-4,10H,1-2H2.